The smallest absolute Gasteiger partial charge is 0.119 e. The fourth-order valence-electron chi connectivity index (χ4n) is 2.00. The maximum absolute atomic E-state index is 9.95. The molecule has 2 aromatic rings. The average molecular weight is 261 g/mol. The molecule has 0 spiro atoms. The Balaban J connectivity index is 2.58. The summed E-state index contributed by atoms with van der Waals surface area (Å²) in [5.74, 6) is 0.332. The summed E-state index contributed by atoms with van der Waals surface area (Å²) in [6.07, 6.45) is 0. The number of halogens is 1. The van der Waals surface area contributed by atoms with Gasteiger partial charge in [-0.15, -0.1) is 0 Å². The molecule has 0 saturated heterocycles. The Labute approximate surface area is 113 Å². The second kappa shape index (κ2) is 4.66. The van der Waals surface area contributed by atoms with Crippen LogP contribution in [-0.2, 0) is 5.41 Å². The van der Waals surface area contributed by atoms with Gasteiger partial charge in [-0.25, -0.2) is 0 Å². The molecule has 1 nitrogen and oxygen atoms in total. The number of phenolic OH excluding ortho intramolecular Hbond substituents is 1. The minimum Gasteiger partial charge on any atom is -0.508 e. The standard InChI is InChI=1S/C16H17ClO/c1-16(2,3)13-10-11(8-9-15(13)18)12-6-4-5-7-14(12)17/h4-10,18H,1-3H3. The van der Waals surface area contributed by atoms with Gasteiger partial charge < -0.3 is 5.11 Å². The van der Waals surface area contributed by atoms with Crippen LogP contribution in [-0.4, -0.2) is 5.11 Å². The normalized spacial score (nSPS) is 11.6. The molecule has 0 aliphatic heterocycles. The van der Waals surface area contributed by atoms with E-state index in [4.69, 9.17) is 11.6 Å². The summed E-state index contributed by atoms with van der Waals surface area (Å²) in [6.45, 7) is 6.25. The van der Waals surface area contributed by atoms with E-state index < -0.39 is 0 Å². The zero-order chi connectivity index (χ0) is 13.3. The predicted molar refractivity (Wildman–Crippen MR) is 77.3 cm³/mol. The number of aromatic hydroxyl groups is 1. The Morgan fingerprint density at radius 1 is 1.00 bits per heavy atom. The van der Waals surface area contributed by atoms with Gasteiger partial charge in [0.15, 0.2) is 0 Å². The molecule has 2 rings (SSSR count). The van der Waals surface area contributed by atoms with Crippen molar-refractivity contribution in [3.05, 3.63) is 53.1 Å². The van der Waals surface area contributed by atoms with Gasteiger partial charge in [0.25, 0.3) is 0 Å². The third-order valence-corrected chi connectivity index (χ3v) is 3.32. The van der Waals surface area contributed by atoms with Crippen molar-refractivity contribution in [3.63, 3.8) is 0 Å². The highest BCUT2D eigenvalue weighted by Crippen LogP contribution is 2.36. The Morgan fingerprint density at radius 3 is 2.28 bits per heavy atom. The quantitative estimate of drug-likeness (QED) is 0.764. The van der Waals surface area contributed by atoms with E-state index in [-0.39, 0.29) is 5.41 Å². The first-order valence-electron chi connectivity index (χ1n) is 5.98. The van der Waals surface area contributed by atoms with Gasteiger partial charge in [0.1, 0.15) is 5.75 Å². The van der Waals surface area contributed by atoms with E-state index in [2.05, 4.69) is 20.8 Å². The van der Waals surface area contributed by atoms with E-state index in [9.17, 15) is 5.11 Å². The third-order valence-electron chi connectivity index (χ3n) is 2.99. The molecular weight excluding hydrogens is 244 g/mol. The molecule has 0 fully saturated rings. The average Bonchev–Trinajstić information content (AvgIpc) is 2.29. The van der Waals surface area contributed by atoms with Gasteiger partial charge in [-0.3, -0.25) is 0 Å². The Hall–Kier alpha value is -1.47. The lowest BCUT2D eigenvalue weighted by Crippen LogP contribution is -2.11. The molecule has 0 amide bonds. The zero-order valence-electron chi connectivity index (χ0n) is 10.9. The van der Waals surface area contributed by atoms with Crippen molar-refractivity contribution in [1.82, 2.24) is 0 Å². The number of hydrogen-bond donors (Lipinski definition) is 1. The van der Waals surface area contributed by atoms with Crippen molar-refractivity contribution >= 4 is 11.6 Å². The van der Waals surface area contributed by atoms with Gasteiger partial charge in [-0.2, -0.15) is 0 Å². The van der Waals surface area contributed by atoms with E-state index >= 15 is 0 Å². The van der Waals surface area contributed by atoms with Crippen LogP contribution in [0.3, 0.4) is 0 Å². The lowest BCUT2D eigenvalue weighted by atomic mass is 9.84. The predicted octanol–water partition coefficient (Wildman–Crippen LogP) is 5.01. The molecule has 0 saturated carbocycles. The number of phenols is 1. The van der Waals surface area contributed by atoms with Crippen LogP contribution in [0.4, 0.5) is 0 Å². The first-order chi connectivity index (χ1) is 8.39. The first kappa shape index (κ1) is 13.0. The van der Waals surface area contributed by atoms with Gasteiger partial charge in [0.2, 0.25) is 0 Å². The summed E-state index contributed by atoms with van der Waals surface area (Å²) < 4.78 is 0. The number of hydrogen-bond acceptors (Lipinski definition) is 1. The topological polar surface area (TPSA) is 20.2 Å². The van der Waals surface area contributed by atoms with Gasteiger partial charge in [0, 0.05) is 10.6 Å². The van der Waals surface area contributed by atoms with Crippen molar-refractivity contribution in [1.29, 1.82) is 0 Å². The summed E-state index contributed by atoms with van der Waals surface area (Å²) in [5, 5.41) is 10.7. The molecule has 0 aliphatic carbocycles. The molecule has 2 heteroatoms. The highest BCUT2D eigenvalue weighted by atomic mass is 35.5. The Bertz CT molecular complexity index is 568. The van der Waals surface area contributed by atoms with Gasteiger partial charge >= 0.3 is 0 Å². The Kier molecular flexibility index (Phi) is 3.36. The maximum Gasteiger partial charge on any atom is 0.119 e. The summed E-state index contributed by atoms with van der Waals surface area (Å²) in [7, 11) is 0. The van der Waals surface area contributed by atoms with E-state index in [1.165, 1.54) is 0 Å². The highest BCUT2D eigenvalue weighted by molar-refractivity contribution is 6.33. The fourth-order valence-corrected chi connectivity index (χ4v) is 2.24. The monoisotopic (exact) mass is 260 g/mol. The molecule has 94 valence electrons. The van der Waals surface area contributed by atoms with E-state index in [1.54, 1.807) is 6.07 Å². The second-order valence-electron chi connectivity index (χ2n) is 5.46. The van der Waals surface area contributed by atoms with Crippen LogP contribution in [0.5, 0.6) is 5.75 Å². The molecule has 0 aromatic heterocycles. The van der Waals surface area contributed by atoms with Crippen molar-refractivity contribution in [2.75, 3.05) is 0 Å². The van der Waals surface area contributed by atoms with Gasteiger partial charge in [-0.1, -0.05) is 56.6 Å². The fraction of sp³-hybridized carbons (Fsp3) is 0.250. The van der Waals surface area contributed by atoms with Gasteiger partial charge in [-0.05, 0) is 34.7 Å². The van der Waals surface area contributed by atoms with Crippen LogP contribution in [0.25, 0.3) is 11.1 Å². The minimum absolute atomic E-state index is 0.0959. The zero-order valence-corrected chi connectivity index (χ0v) is 11.6. The van der Waals surface area contributed by atoms with Crippen LogP contribution in [0.1, 0.15) is 26.3 Å². The second-order valence-corrected chi connectivity index (χ2v) is 5.87. The first-order valence-corrected chi connectivity index (χ1v) is 6.36. The molecule has 18 heavy (non-hydrogen) atoms. The van der Waals surface area contributed by atoms with Crippen LogP contribution >= 0.6 is 11.6 Å². The molecule has 0 atom stereocenters. The number of benzene rings is 2. The number of rotatable bonds is 1. The molecule has 0 radical (unpaired) electrons. The third kappa shape index (κ3) is 2.51. The van der Waals surface area contributed by atoms with E-state index in [1.807, 2.05) is 36.4 Å². The minimum atomic E-state index is -0.0959. The maximum atomic E-state index is 9.95. The molecule has 2 aromatic carbocycles. The Morgan fingerprint density at radius 2 is 1.67 bits per heavy atom. The van der Waals surface area contributed by atoms with Crippen molar-refractivity contribution in [2.45, 2.75) is 26.2 Å². The largest absolute Gasteiger partial charge is 0.508 e. The summed E-state index contributed by atoms with van der Waals surface area (Å²) in [4.78, 5) is 0. The van der Waals surface area contributed by atoms with Crippen LogP contribution in [0.2, 0.25) is 5.02 Å². The summed E-state index contributed by atoms with van der Waals surface area (Å²) in [5.41, 5.74) is 2.86. The van der Waals surface area contributed by atoms with Crippen LogP contribution < -0.4 is 0 Å². The lowest BCUT2D eigenvalue weighted by molar-refractivity contribution is 0.447. The highest BCUT2D eigenvalue weighted by Gasteiger charge is 2.19. The lowest BCUT2D eigenvalue weighted by Gasteiger charge is -2.21. The SMILES string of the molecule is CC(C)(C)c1cc(-c2ccccc2Cl)ccc1O. The molecule has 0 unspecified atom stereocenters. The van der Waals surface area contributed by atoms with Crippen LogP contribution in [0.15, 0.2) is 42.5 Å². The molecule has 0 bridgehead atoms. The molecule has 0 heterocycles. The summed E-state index contributed by atoms with van der Waals surface area (Å²) in [6, 6.07) is 13.4. The van der Waals surface area contributed by atoms with E-state index in [0.717, 1.165) is 21.7 Å². The summed E-state index contributed by atoms with van der Waals surface area (Å²) >= 11 is 6.20. The van der Waals surface area contributed by atoms with Crippen molar-refractivity contribution in [3.8, 4) is 16.9 Å². The van der Waals surface area contributed by atoms with Gasteiger partial charge in [0.05, 0.1) is 0 Å². The van der Waals surface area contributed by atoms with Crippen LogP contribution in [0, 0.1) is 0 Å². The molecule has 1 N–H and O–H groups in total. The molecular formula is C16H17ClO. The van der Waals surface area contributed by atoms with Crippen molar-refractivity contribution < 1.29 is 5.11 Å². The molecule has 0 aliphatic rings. The van der Waals surface area contributed by atoms with Crippen molar-refractivity contribution in [2.24, 2.45) is 0 Å². The van der Waals surface area contributed by atoms with E-state index in [0.29, 0.717) is 5.75 Å².